The molecule has 1 heterocycles. The van der Waals surface area contributed by atoms with E-state index in [9.17, 15) is 0 Å². The Balaban J connectivity index is 1.86. The van der Waals surface area contributed by atoms with Crippen molar-refractivity contribution in [1.29, 1.82) is 0 Å². The first-order valence-electron chi connectivity index (χ1n) is 6.71. The second kappa shape index (κ2) is 7.75. The summed E-state index contributed by atoms with van der Waals surface area (Å²) in [4.78, 5) is 6.61. The van der Waals surface area contributed by atoms with Crippen molar-refractivity contribution in [1.82, 2.24) is 9.88 Å². The molecular weight excluding hydrogens is 308 g/mol. The van der Waals surface area contributed by atoms with E-state index in [0.29, 0.717) is 11.6 Å². The van der Waals surface area contributed by atoms with Crippen LogP contribution in [-0.2, 0) is 13.2 Å². The number of likely N-dealkylation sites (N-methyl/N-ethyl adjacent to an activating group) is 1. The lowest BCUT2D eigenvalue weighted by molar-refractivity contribution is 0.153. The minimum absolute atomic E-state index is 0.125. The molecule has 6 heteroatoms. The fraction of sp³-hybridized carbons (Fsp3) is 0.400. The number of rotatable bonds is 7. The van der Waals surface area contributed by atoms with Crippen LogP contribution in [0.5, 0.6) is 5.75 Å². The molecule has 21 heavy (non-hydrogen) atoms. The largest absolute Gasteiger partial charge is 0.486 e. The molecule has 1 unspecified atom stereocenters. The van der Waals surface area contributed by atoms with E-state index in [4.69, 9.17) is 21.4 Å². The van der Waals surface area contributed by atoms with Crippen LogP contribution in [0.4, 0.5) is 0 Å². The van der Waals surface area contributed by atoms with Crippen LogP contribution in [0.1, 0.15) is 17.6 Å². The zero-order valence-corrected chi connectivity index (χ0v) is 13.7. The van der Waals surface area contributed by atoms with Crippen molar-refractivity contribution in [2.75, 3.05) is 13.7 Å². The summed E-state index contributed by atoms with van der Waals surface area (Å²) in [7, 11) is 1.98. The van der Waals surface area contributed by atoms with Gasteiger partial charge in [-0.15, -0.1) is 11.3 Å². The van der Waals surface area contributed by atoms with Crippen LogP contribution in [0, 0.1) is 0 Å². The van der Waals surface area contributed by atoms with Crippen molar-refractivity contribution in [3.8, 4) is 5.75 Å². The van der Waals surface area contributed by atoms with Gasteiger partial charge < -0.3 is 9.84 Å². The Morgan fingerprint density at radius 3 is 2.76 bits per heavy atom. The molecule has 0 saturated carbocycles. The zero-order chi connectivity index (χ0) is 15.2. The van der Waals surface area contributed by atoms with E-state index in [1.807, 2.05) is 31.5 Å². The molecule has 2 aromatic rings. The molecule has 0 fully saturated rings. The molecule has 0 aliphatic heterocycles. The lowest BCUT2D eigenvalue weighted by Crippen LogP contribution is -2.31. The maximum Gasteiger partial charge on any atom is 0.140 e. The summed E-state index contributed by atoms with van der Waals surface area (Å²) < 4.78 is 5.67. The van der Waals surface area contributed by atoms with Crippen LogP contribution in [0.3, 0.4) is 0 Å². The monoisotopic (exact) mass is 326 g/mol. The van der Waals surface area contributed by atoms with E-state index >= 15 is 0 Å². The Kier molecular flexibility index (Phi) is 5.99. The molecule has 4 nitrogen and oxygen atoms in total. The van der Waals surface area contributed by atoms with Gasteiger partial charge in [0, 0.05) is 23.0 Å². The molecule has 1 aromatic heterocycles. The van der Waals surface area contributed by atoms with Gasteiger partial charge in [-0.05, 0) is 38.2 Å². The van der Waals surface area contributed by atoms with Gasteiger partial charge in [0.2, 0.25) is 0 Å². The van der Waals surface area contributed by atoms with Gasteiger partial charge in [-0.25, -0.2) is 4.98 Å². The van der Waals surface area contributed by atoms with Crippen LogP contribution in [0.2, 0.25) is 5.02 Å². The number of aliphatic hydroxyl groups excluding tert-OH is 1. The van der Waals surface area contributed by atoms with Crippen LogP contribution in [-0.4, -0.2) is 34.7 Å². The summed E-state index contributed by atoms with van der Waals surface area (Å²) in [5.74, 6) is 0.780. The van der Waals surface area contributed by atoms with Crippen molar-refractivity contribution in [2.24, 2.45) is 0 Å². The summed E-state index contributed by atoms with van der Waals surface area (Å²) in [6, 6.07) is 7.41. The highest BCUT2D eigenvalue weighted by Crippen LogP contribution is 2.18. The number of halogens is 1. The standard InChI is InChI=1S/C15H19ClN2O2S/c1-11(8-19)18(2)7-13-10-21-15(17-13)9-20-14-5-3-12(16)4-6-14/h3-6,10-11,19H,7-9H2,1-2H3. The maximum absolute atomic E-state index is 9.13. The van der Waals surface area contributed by atoms with E-state index in [1.165, 1.54) is 0 Å². The van der Waals surface area contributed by atoms with Gasteiger partial charge in [-0.2, -0.15) is 0 Å². The number of benzene rings is 1. The topological polar surface area (TPSA) is 45.6 Å². The summed E-state index contributed by atoms with van der Waals surface area (Å²) in [6.07, 6.45) is 0. The van der Waals surface area contributed by atoms with Gasteiger partial charge in [-0.1, -0.05) is 11.6 Å². The highest BCUT2D eigenvalue weighted by Gasteiger charge is 2.10. The van der Waals surface area contributed by atoms with Crippen molar-refractivity contribution in [3.05, 3.63) is 45.4 Å². The third-order valence-electron chi connectivity index (χ3n) is 3.20. The quantitative estimate of drug-likeness (QED) is 0.848. The van der Waals surface area contributed by atoms with Gasteiger partial charge in [0.25, 0.3) is 0 Å². The SMILES string of the molecule is CC(CO)N(C)Cc1csc(COc2ccc(Cl)cc2)n1. The molecular formula is C15H19ClN2O2S. The highest BCUT2D eigenvalue weighted by atomic mass is 35.5. The van der Waals surface area contributed by atoms with E-state index in [2.05, 4.69) is 9.88 Å². The van der Waals surface area contributed by atoms with Crippen molar-refractivity contribution in [3.63, 3.8) is 0 Å². The molecule has 1 aromatic carbocycles. The fourth-order valence-electron chi connectivity index (χ4n) is 1.71. The zero-order valence-electron chi connectivity index (χ0n) is 12.1. The molecule has 0 radical (unpaired) electrons. The molecule has 1 N–H and O–H groups in total. The molecule has 0 bridgehead atoms. The number of hydrogen-bond acceptors (Lipinski definition) is 5. The molecule has 114 valence electrons. The number of thiazole rings is 1. The Bertz CT molecular complexity index is 559. The van der Waals surface area contributed by atoms with Crippen molar-refractivity contribution < 1.29 is 9.84 Å². The number of aromatic nitrogens is 1. The number of nitrogens with zero attached hydrogens (tertiary/aromatic N) is 2. The Hall–Kier alpha value is -1.14. The van der Waals surface area contributed by atoms with Gasteiger partial charge in [-0.3, -0.25) is 4.90 Å². The second-order valence-electron chi connectivity index (χ2n) is 4.92. The van der Waals surface area contributed by atoms with Gasteiger partial charge >= 0.3 is 0 Å². The third kappa shape index (κ3) is 4.97. The smallest absolute Gasteiger partial charge is 0.140 e. The molecule has 0 aliphatic rings. The predicted molar refractivity (Wildman–Crippen MR) is 85.9 cm³/mol. The predicted octanol–water partition coefficient (Wildman–Crippen LogP) is 3.19. The number of hydrogen-bond donors (Lipinski definition) is 1. The molecule has 1 atom stereocenters. The second-order valence-corrected chi connectivity index (χ2v) is 6.30. The number of aliphatic hydroxyl groups is 1. The average molecular weight is 327 g/mol. The van der Waals surface area contributed by atoms with Crippen LogP contribution >= 0.6 is 22.9 Å². The lowest BCUT2D eigenvalue weighted by Gasteiger charge is -2.21. The van der Waals surface area contributed by atoms with E-state index in [-0.39, 0.29) is 12.6 Å². The first-order valence-corrected chi connectivity index (χ1v) is 7.97. The Labute approximate surface area is 134 Å². The average Bonchev–Trinajstić information content (AvgIpc) is 2.93. The first-order chi connectivity index (χ1) is 10.1. The molecule has 0 spiro atoms. The summed E-state index contributed by atoms with van der Waals surface area (Å²) >= 11 is 7.41. The van der Waals surface area contributed by atoms with Gasteiger partial charge in [0.1, 0.15) is 17.4 Å². The Morgan fingerprint density at radius 1 is 1.38 bits per heavy atom. The molecule has 0 amide bonds. The van der Waals surface area contributed by atoms with Crippen LogP contribution in [0.25, 0.3) is 0 Å². The van der Waals surface area contributed by atoms with E-state index < -0.39 is 0 Å². The lowest BCUT2D eigenvalue weighted by atomic mass is 10.3. The van der Waals surface area contributed by atoms with Gasteiger partial charge in [0.05, 0.1) is 12.3 Å². The minimum Gasteiger partial charge on any atom is -0.486 e. The summed E-state index contributed by atoms with van der Waals surface area (Å²) in [5, 5.41) is 12.8. The van der Waals surface area contributed by atoms with E-state index in [1.54, 1.807) is 23.5 Å². The molecule has 0 aliphatic carbocycles. The van der Waals surface area contributed by atoms with Crippen LogP contribution < -0.4 is 4.74 Å². The first kappa shape index (κ1) is 16.2. The summed E-state index contributed by atoms with van der Waals surface area (Å²) in [5.41, 5.74) is 0.998. The van der Waals surface area contributed by atoms with Crippen LogP contribution in [0.15, 0.2) is 29.6 Å². The van der Waals surface area contributed by atoms with Crippen molar-refractivity contribution >= 4 is 22.9 Å². The summed E-state index contributed by atoms with van der Waals surface area (Å²) in [6.45, 7) is 3.30. The van der Waals surface area contributed by atoms with E-state index in [0.717, 1.165) is 23.0 Å². The Morgan fingerprint density at radius 2 is 2.10 bits per heavy atom. The normalized spacial score (nSPS) is 12.6. The highest BCUT2D eigenvalue weighted by molar-refractivity contribution is 7.09. The number of ether oxygens (including phenoxy) is 1. The fourth-order valence-corrected chi connectivity index (χ4v) is 2.54. The van der Waals surface area contributed by atoms with Gasteiger partial charge in [0.15, 0.2) is 0 Å². The maximum atomic E-state index is 9.13. The third-order valence-corrected chi connectivity index (χ3v) is 4.33. The molecule has 2 rings (SSSR count). The van der Waals surface area contributed by atoms with Crippen molar-refractivity contribution in [2.45, 2.75) is 26.1 Å². The minimum atomic E-state index is 0.125. The molecule has 0 saturated heterocycles.